The van der Waals surface area contributed by atoms with E-state index in [1.165, 1.54) is 0 Å². The van der Waals surface area contributed by atoms with Gasteiger partial charge in [-0.2, -0.15) is 10.1 Å². The Labute approximate surface area is 145 Å². The van der Waals surface area contributed by atoms with Crippen molar-refractivity contribution in [3.63, 3.8) is 0 Å². The highest BCUT2D eigenvalue weighted by Crippen LogP contribution is 2.34. The maximum Gasteiger partial charge on any atom is 0.249 e. The fourth-order valence-electron chi connectivity index (χ4n) is 2.53. The summed E-state index contributed by atoms with van der Waals surface area (Å²) >= 11 is 0. The van der Waals surface area contributed by atoms with E-state index in [4.69, 9.17) is 9.47 Å². The Kier molecular flexibility index (Phi) is 3.81. The molecule has 2 N–H and O–H groups in total. The van der Waals surface area contributed by atoms with Crippen LogP contribution in [0.2, 0.25) is 0 Å². The van der Waals surface area contributed by atoms with Crippen LogP contribution < -0.4 is 20.1 Å². The molecule has 1 aliphatic heterocycles. The van der Waals surface area contributed by atoms with Crippen LogP contribution in [0.4, 0.5) is 23.1 Å². The Balaban J connectivity index is 1.54. The minimum atomic E-state index is 0.248. The second kappa shape index (κ2) is 6.27. The molecule has 4 rings (SSSR count). The normalized spacial score (nSPS) is 12.1. The zero-order valence-corrected chi connectivity index (χ0v) is 13.9. The van der Waals surface area contributed by atoms with E-state index in [1.54, 1.807) is 6.20 Å². The van der Waals surface area contributed by atoms with E-state index in [0.29, 0.717) is 17.5 Å². The van der Waals surface area contributed by atoms with Crippen molar-refractivity contribution in [2.24, 2.45) is 0 Å². The molecule has 0 saturated carbocycles. The number of fused-ring (bicyclic) bond motifs is 1. The highest BCUT2D eigenvalue weighted by Gasteiger charge is 2.13. The third-order valence-electron chi connectivity index (χ3n) is 3.84. The molecular weight excluding hydrogens is 318 g/mol. The number of ether oxygens (including phenoxy) is 2. The van der Waals surface area contributed by atoms with Gasteiger partial charge in [-0.05, 0) is 43.2 Å². The van der Waals surface area contributed by atoms with E-state index in [2.05, 4.69) is 44.0 Å². The van der Waals surface area contributed by atoms with Crippen molar-refractivity contribution in [3.8, 4) is 11.5 Å². The minimum absolute atomic E-state index is 0.248. The van der Waals surface area contributed by atoms with E-state index in [0.717, 1.165) is 28.3 Å². The third-order valence-corrected chi connectivity index (χ3v) is 3.84. The number of rotatable bonds is 4. The summed E-state index contributed by atoms with van der Waals surface area (Å²) in [4.78, 5) is 4.46. The van der Waals surface area contributed by atoms with Gasteiger partial charge in [-0.25, -0.2) is 0 Å². The van der Waals surface area contributed by atoms with Gasteiger partial charge in [-0.1, -0.05) is 12.1 Å². The molecule has 7 heteroatoms. The SMILES string of the molecule is Cc1ccc(C)c(Nc2nncc(Nc3ccc4c(c3)OCO4)n2)c1. The first-order valence-electron chi connectivity index (χ1n) is 7.88. The number of hydrogen-bond donors (Lipinski definition) is 2. The number of nitrogens with one attached hydrogen (secondary N) is 2. The van der Waals surface area contributed by atoms with Gasteiger partial charge in [0.2, 0.25) is 12.7 Å². The first kappa shape index (κ1) is 15.2. The molecule has 0 saturated heterocycles. The lowest BCUT2D eigenvalue weighted by Crippen LogP contribution is -2.03. The topological polar surface area (TPSA) is 81.2 Å². The van der Waals surface area contributed by atoms with Gasteiger partial charge in [0.1, 0.15) is 0 Å². The van der Waals surface area contributed by atoms with Gasteiger partial charge < -0.3 is 20.1 Å². The van der Waals surface area contributed by atoms with E-state index in [-0.39, 0.29) is 6.79 Å². The highest BCUT2D eigenvalue weighted by molar-refractivity contribution is 5.63. The summed E-state index contributed by atoms with van der Waals surface area (Å²) in [6.45, 7) is 4.32. The molecule has 2 heterocycles. The van der Waals surface area contributed by atoms with Crippen LogP contribution in [0.3, 0.4) is 0 Å². The second-order valence-corrected chi connectivity index (χ2v) is 5.80. The molecule has 126 valence electrons. The molecule has 0 atom stereocenters. The Hall–Kier alpha value is -3.35. The number of aromatic nitrogens is 3. The van der Waals surface area contributed by atoms with Gasteiger partial charge in [0.05, 0.1) is 6.20 Å². The molecule has 0 aliphatic carbocycles. The van der Waals surface area contributed by atoms with E-state index in [9.17, 15) is 0 Å². The van der Waals surface area contributed by atoms with Gasteiger partial charge in [-0.15, -0.1) is 5.10 Å². The van der Waals surface area contributed by atoms with Crippen LogP contribution in [0.1, 0.15) is 11.1 Å². The summed E-state index contributed by atoms with van der Waals surface area (Å²) in [5.74, 6) is 2.46. The summed E-state index contributed by atoms with van der Waals surface area (Å²) in [5.41, 5.74) is 4.07. The molecule has 2 aromatic carbocycles. The molecule has 7 nitrogen and oxygen atoms in total. The van der Waals surface area contributed by atoms with Crippen LogP contribution >= 0.6 is 0 Å². The molecule has 3 aromatic rings. The molecule has 0 fully saturated rings. The molecule has 0 amide bonds. The maximum absolute atomic E-state index is 5.38. The van der Waals surface area contributed by atoms with Crippen molar-refractivity contribution in [3.05, 3.63) is 53.7 Å². The fraction of sp³-hybridized carbons (Fsp3) is 0.167. The zero-order chi connectivity index (χ0) is 17.2. The van der Waals surface area contributed by atoms with Crippen molar-refractivity contribution in [1.82, 2.24) is 15.2 Å². The van der Waals surface area contributed by atoms with Crippen LogP contribution in [0.25, 0.3) is 0 Å². The maximum atomic E-state index is 5.38. The van der Waals surface area contributed by atoms with Crippen molar-refractivity contribution in [2.75, 3.05) is 17.4 Å². The number of hydrogen-bond acceptors (Lipinski definition) is 7. The van der Waals surface area contributed by atoms with Gasteiger partial charge in [0.25, 0.3) is 0 Å². The van der Waals surface area contributed by atoms with Crippen LogP contribution in [-0.4, -0.2) is 22.0 Å². The lowest BCUT2D eigenvalue weighted by Gasteiger charge is -2.10. The molecule has 0 radical (unpaired) electrons. The molecular formula is C18H17N5O2. The molecule has 0 unspecified atom stereocenters. The van der Waals surface area contributed by atoms with Crippen LogP contribution in [-0.2, 0) is 0 Å². The summed E-state index contributed by atoms with van der Waals surface area (Å²) in [6.07, 6.45) is 1.57. The molecule has 0 spiro atoms. The largest absolute Gasteiger partial charge is 0.454 e. The lowest BCUT2D eigenvalue weighted by atomic mass is 10.1. The average Bonchev–Trinajstić information content (AvgIpc) is 3.06. The molecule has 1 aromatic heterocycles. The summed E-state index contributed by atoms with van der Waals surface area (Å²) < 4.78 is 10.7. The summed E-state index contributed by atoms with van der Waals surface area (Å²) in [5, 5.41) is 14.5. The standard InChI is InChI=1S/C18H17N5O2/c1-11-3-4-12(2)14(7-11)21-18-22-17(9-19-23-18)20-13-5-6-15-16(8-13)25-10-24-15/h3-9H,10H2,1-2H3,(H2,20,21,22,23). The Morgan fingerprint density at radius 3 is 2.76 bits per heavy atom. The third kappa shape index (κ3) is 3.30. The second-order valence-electron chi connectivity index (χ2n) is 5.80. The fourth-order valence-corrected chi connectivity index (χ4v) is 2.53. The number of benzene rings is 2. The first-order valence-corrected chi connectivity index (χ1v) is 7.88. The molecule has 25 heavy (non-hydrogen) atoms. The van der Waals surface area contributed by atoms with Gasteiger partial charge in [0.15, 0.2) is 17.3 Å². The van der Waals surface area contributed by atoms with E-state index < -0.39 is 0 Å². The average molecular weight is 335 g/mol. The lowest BCUT2D eigenvalue weighted by molar-refractivity contribution is 0.174. The van der Waals surface area contributed by atoms with Crippen molar-refractivity contribution >= 4 is 23.1 Å². The van der Waals surface area contributed by atoms with Gasteiger partial charge >= 0.3 is 0 Å². The van der Waals surface area contributed by atoms with Gasteiger partial charge in [0, 0.05) is 17.4 Å². The smallest absolute Gasteiger partial charge is 0.249 e. The Bertz CT molecular complexity index is 929. The van der Waals surface area contributed by atoms with Crippen LogP contribution in [0, 0.1) is 13.8 Å². The van der Waals surface area contributed by atoms with Crippen LogP contribution in [0.5, 0.6) is 11.5 Å². The van der Waals surface area contributed by atoms with E-state index in [1.807, 2.05) is 32.0 Å². The Morgan fingerprint density at radius 2 is 1.84 bits per heavy atom. The first-order chi connectivity index (χ1) is 12.2. The summed E-state index contributed by atoms with van der Waals surface area (Å²) in [6, 6.07) is 11.8. The van der Waals surface area contributed by atoms with E-state index >= 15 is 0 Å². The quantitative estimate of drug-likeness (QED) is 0.752. The number of anilines is 4. The minimum Gasteiger partial charge on any atom is -0.454 e. The van der Waals surface area contributed by atoms with Crippen LogP contribution in [0.15, 0.2) is 42.6 Å². The van der Waals surface area contributed by atoms with Gasteiger partial charge in [-0.3, -0.25) is 0 Å². The summed E-state index contributed by atoms with van der Waals surface area (Å²) in [7, 11) is 0. The Morgan fingerprint density at radius 1 is 0.960 bits per heavy atom. The number of nitrogens with zero attached hydrogens (tertiary/aromatic N) is 3. The molecule has 1 aliphatic rings. The van der Waals surface area contributed by atoms with Crippen molar-refractivity contribution < 1.29 is 9.47 Å². The van der Waals surface area contributed by atoms with Crippen molar-refractivity contribution in [2.45, 2.75) is 13.8 Å². The molecule has 0 bridgehead atoms. The monoisotopic (exact) mass is 335 g/mol. The predicted molar refractivity (Wildman–Crippen MR) is 94.9 cm³/mol. The van der Waals surface area contributed by atoms with Crippen molar-refractivity contribution in [1.29, 1.82) is 0 Å². The highest BCUT2D eigenvalue weighted by atomic mass is 16.7. The zero-order valence-electron chi connectivity index (χ0n) is 13.9. The number of aryl methyl sites for hydroxylation is 2. The predicted octanol–water partition coefficient (Wildman–Crippen LogP) is 3.70.